The Bertz CT molecular complexity index is 475. The van der Waals surface area contributed by atoms with Crippen LogP contribution in [-0.4, -0.2) is 5.91 Å². The first-order valence-corrected chi connectivity index (χ1v) is 5.39. The van der Waals surface area contributed by atoms with Gasteiger partial charge in [-0.2, -0.15) is 0 Å². The lowest BCUT2D eigenvalue weighted by molar-refractivity contribution is 0.0948. The van der Waals surface area contributed by atoms with Gasteiger partial charge in [0.25, 0.3) is 5.91 Å². The Kier molecular flexibility index (Phi) is 3.57. The first-order valence-electron chi connectivity index (χ1n) is 5.39. The number of hydrogen-bond acceptors (Lipinski definition) is 3. The van der Waals surface area contributed by atoms with Crippen molar-refractivity contribution >= 4 is 5.91 Å². The summed E-state index contributed by atoms with van der Waals surface area (Å²) in [6.07, 6.45) is 1.58. The van der Waals surface area contributed by atoms with Gasteiger partial charge >= 0.3 is 0 Å². The first kappa shape index (κ1) is 11.4. The van der Waals surface area contributed by atoms with E-state index in [0.29, 0.717) is 18.7 Å². The molecule has 0 saturated carbocycles. The second-order valence-electron chi connectivity index (χ2n) is 3.66. The van der Waals surface area contributed by atoms with Gasteiger partial charge in [-0.1, -0.05) is 12.1 Å². The fourth-order valence-corrected chi connectivity index (χ4v) is 1.47. The van der Waals surface area contributed by atoms with Crippen molar-refractivity contribution in [3.8, 4) is 0 Å². The third-order valence-electron chi connectivity index (χ3n) is 2.46. The summed E-state index contributed by atoms with van der Waals surface area (Å²) in [6.45, 7) is 0.874. The van der Waals surface area contributed by atoms with Crippen molar-refractivity contribution in [3.05, 3.63) is 59.5 Å². The van der Waals surface area contributed by atoms with Crippen molar-refractivity contribution in [3.63, 3.8) is 0 Å². The quantitative estimate of drug-likeness (QED) is 0.839. The highest BCUT2D eigenvalue weighted by atomic mass is 16.3. The van der Waals surface area contributed by atoms with E-state index in [0.717, 1.165) is 11.3 Å². The van der Waals surface area contributed by atoms with E-state index < -0.39 is 0 Å². The van der Waals surface area contributed by atoms with E-state index in [2.05, 4.69) is 5.32 Å². The highest BCUT2D eigenvalue weighted by Crippen LogP contribution is 2.05. The SMILES string of the molecule is NCc1ccc(C(=O)NCc2ccco2)cc1. The average Bonchev–Trinajstić information content (AvgIpc) is 2.89. The second kappa shape index (κ2) is 5.32. The summed E-state index contributed by atoms with van der Waals surface area (Å²) in [6, 6.07) is 10.8. The van der Waals surface area contributed by atoms with Crippen molar-refractivity contribution in [2.75, 3.05) is 0 Å². The predicted octanol–water partition coefficient (Wildman–Crippen LogP) is 1.67. The molecule has 4 nitrogen and oxygen atoms in total. The van der Waals surface area contributed by atoms with E-state index >= 15 is 0 Å². The molecule has 88 valence electrons. The van der Waals surface area contributed by atoms with Gasteiger partial charge in [0.05, 0.1) is 12.8 Å². The fourth-order valence-electron chi connectivity index (χ4n) is 1.47. The molecule has 1 heterocycles. The van der Waals surface area contributed by atoms with Crippen LogP contribution >= 0.6 is 0 Å². The van der Waals surface area contributed by atoms with Crippen LogP contribution in [0.5, 0.6) is 0 Å². The van der Waals surface area contributed by atoms with Crippen LogP contribution in [0.3, 0.4) is 0 Å². The van der Waals surface area contributed by atoms with Gasteiger partial charge in [-0.15, -0.1) is 0 Å². The molecule has 0 aliphatic carbocycles. The maximum Gasteiger partial charge on any atom is 0.251 e. The number of nitrogens with one attached hydrogen (secondary N) is 1. The molecular weight excluding hydrogens is 216 g/mol. The van der Waals surface area contributed by atoms with Gasteiger partial charge in [-0.05, 0) is 29.8 Å². The van der Waals surface area contributed by atoms with Gasteiger partial charge in [0, 0.05) is 12.1 Å². The first-order chi connectivity index (χ1) is 8.29. The van der Waals surface area contributed by atoms with Crippen molar-refractivity contribution in [2.24, 2.45) is 5.73 Å². The molecule has 17 heavy (non-hydrogen) atoms. The summed E-state index contributed by atoms with van der Waals surface area (Å²) in [7, 11) is 0. The predicted molar refractivity (Wildman–Crippen MR) is 64.2 cm³/mol. The Morgan fingerprint density at radius 1 is 1.24 bits per heavy atom. The zero-order chi connectivity index (χ0) is 12.1. The van der Waals surface area contributed by atoms with Crippen LogP contribution in [-0.2, 0) is 13.1 Å². The fraction of sp³-hybridized carbons (Fsp3) is 0.154. The van der Waals surface area contributed by atoms with Crippen LogP contribution in [0.15, 0.2) is 47.1 Å². The molecule has 1 amide bonds. The molecule has 0 unspecified atom stereocenters. The normalized spacial score (nSPS) is 10.2. The summed E-state index contributed by atoms with van der Waals surface area (Å²) in [5, 5.41) is 2.77. The number of carbonyl (C=O) groups is 1. The maximum atomic E-state index is 11.8. The van der Waals surface area contributed by atoms with Gasteiger partial charge in [0.15, 0.2) is 0 Å². The van der Waals surface area contributed by atoms with Gasteiger partial charge in [0.2, 0.25) is 0 Å². The molecule has 0 bridgehead atoms. The summed E-state index contributed by atoms with van der Waals surface area (Å²) < 4.78 is 5.13. The molecule has 1 aromatic heterocycles. The van der Waals surface area contributed by atoms with Gasteiger partial charge in [-0.25, -0.2) is 0 Å². The number of hydrogen-bond donors (Lipinski definition) is 2. The van der Waals surface area contributed by atoms with Gasteiger partial charge in [-0.3, -0.25) is 4.79 Å². The highest BCUT2D eigenvalue weighted by Gasteiger charge is 2.05. The van der Waals surface area contributed by atoms with E-state index in [9.17, 15) is 4.79 Å². The van der Waals surface area contributed by atoms with Crippen LogP contribution in [0.2, 0.25) is 0 Å². The third kappa shape index (κ3) is 2.95. The monoisotopic (exact) mass is 230 g/mol. The minimum atomic E-state index is -0.120. The van der Waals surface area contributed by atoms with Gasteiger partial charge in [0.1, 0.15) is 5.76 Å². The molecule has 0 saturated heterocycles. The van der Waals surface area contributed by atoms with Crippen LogP contribution in [0.1, 0.15) is 21.7 Å². The third-order valence-corrected chi connectivity index (χ3v) is 2.46. The average molecular weight is 230 g/mol. The number of nitrogens with two attached hydrogens (primary N) is 1. The minimum Gasteiger partial charge on any atom is -0.467 e. The van der Waals surface area contributed by atoms with Crippen LogP contribution in [0.4, 0.5) is 0 Å². The summed E-state index contributed by atoms with van der Waals surface area (Å²) >= 11 is 0. The number of furan rings is 1. The maximum absolute atomic E-state index is 11.8. The van der Waals surface area contributed by atoms with Crippen molar-refractivity contribution < 1.29 is 9.21 Å². The van der Waals surface area contributed by atoms with Crippen molar-refractivity contribution in [2.45, 2.75) is 13.1 Å². The molecule has 0 fully saturated rings. The standard InChI is InChI=1S/C13H14N2O2/c14-8-10-3-5-11(6-4-10)13(16)15-9-12-2-1-7-17-12/h1-7H,8-9,14H2,(H,15,16). The molecule has 2 rings (SSSR count). The van der Waals surface area contributed by atoms with Crippen molar-refractivity contribution in [1.82, 2.24) is 5.32 Å². The molecule has 0 aliphatic heterocycles. The number of benzene rings is 1. The Labute approximate surface area is 99.4 Å². The highest BCUT2D eigenvalue weighted by molar-refractivity contribution is 5.94. The van der Waals surface area contributed by atoms with Crippen LogP contribution < -0.4 is 11.1 Å². The van der Waals surface area contributed by atoms with E-state index in [-0.39, 0.29) is 5.91 Å². The molecule has 0 spiro atoms. The lowest BCUT2D eigenvalue weighted by Gasteiger charge is -2.04. The Morgan fingerprint density at radius 3 is 2.59 bits per heavy atom. The lowest BCUT2D eigenvalue weighted by Crippen LogP contribution is -2.22. The van der Waals surface area contributed by atoms with E-state index in [1.165, 1.54) is 0 Å². The summed E-state index contributed by atoms with van der Waals surface area (Å²) in [5.74, 6) is 0.613. The molecule has 0 radical (unpaired) electrons. The van der Waals surface area contributed by atoms with Gasteiger partial charge < -0.3 is 15.5 Å². The van der Waals surface area contributed by atoms with E-state index in [4.69, 9.17) is 10.2 Å². The molecule has 3 N–H and O–H groups in total. The molecule has 4 heteroatoms. The second-order valence-corrected chi connectivity index (χ2v) is 3.66. The Morgan fingerprint density at radius 2 is 2.00 bits per heavy atom. The van der Waals surface area contributed by atoms with E-state index in [1.807, 2.05) is 18.2 Å². The largest absolute Gasteiger partial charge is 0.467 e. The molecule has 0 aliphatic rings. The molecule has 0 atom stereocenters. The smallest absolute Gasteiger partial charge is 0.251 e. The Hall–Kier alpha value is -2.07. The van der Waals surface area contributed by atoms with Crippen LogP contribution in [0.25, 0.3) is 0 Å². The van der Waals surface area contributed by atoms with E-state index in [1.54, 1.807) is 24.5 Å². The minimum absolute atomic E-state index is 0.120. The lowest BCUT2D eigenvalue weighted by atomic mass is 10.1. The molecule has 2 aromatic rings. The Balaban J connectivity index is 1.95. The van der Waals surface area contributed by atoms with Crippen molar-refractivity contribution in [1.29, 1.82) is 0 Å². The molecule has 1 aromatic carbocycles. The zero-order valence-corrected chi connectivity index (χ0v) is 9.35. The molecular formula is C13H14N2O2. The zero-order valence-electron chi connectivity index (χ0n) is 9.35. The summed E-state index contributed by atoms with van der Waals surface area (Å²) in [5.41, 5.74) is 7.11. The summed E-state index contributed by atoms with van der Waals surface area (Å²) in [4.78, 5) is 11.8. The number of rotatable bonds is 4. The number of carbonyl (C=O) groups excluding carboxylic acids is 1. The number of amides is 1. The van der Waals surface area contributed by atoms with Crippen LogP contribution in [0, 0.1) is 0 Å². The topological polar surface area (TPSA) is 68.3 Å².